The summed E-state index contributed by atoms with van der Waals surface area (Å²) in [5, 5.41) is 5.00. The predicted octanol–water partition coefficient (Wildman–Crippen LogP) is 0.767. The van der Waals surface area contributed by atoms with Gasteiger partial charge in [0, 0.05) is 12.1 Å². The number of urea groups is 1. The first-order valence-corrected chi connectivity index (χ1v) is 6.65. The summed E-state index contributed by atoms with van der Waals surface area (Å²) in [6, 6.07) is 4.56. The highest BCUT2D eigenvalue weighted by Crippen LogP contribution is 2.32. The molecule has 1 aromatic rings. The zero-order valence-electron chi connectivity index (χ0n) is 12.4. The smallest absolute Gasteiger partial charge is 0.318 e. The van der Waals surface area contributed by atoms with E-state index in [1.54, 1.807) is 13.1 Å². The highest BCUT2D eigenvalue weighted by molar-refractivity contribution is 5.95. The Balaban J connectivity index is 2.97. The number of hydrogen-bond acceptors (Lipinski definition) is 5. The minimum Gasteiger partial charge on any atom is -0.490 e. The summed E-state index contributed by atoms with van der Waals surface area (Å²) in [4.78, 5) is 22.4. The number of amides is 3. The van der Waals surface area contributed by atoms with E-state index in [4.69, 9.17) is 15.2 Å². The van der Waals surface area contributed by atoms with Gasteiger partial charge in [-0.25, -0.2) is 4.79 Å². The van der Waals surface area contributed by atoms with Crippen molar-refractivity contribution in [2.75, 3.05) is 13.7 Å². The fraction of sp³-hybridized carbons (Fsp3) is 0.429. The molecule has 4 N–H and O–H groups in total. The van der Waals surface area contributed by atoms with Gasteiger partial charge in [-0.3, -0.25) is 10.1 Å². The van der Waals surface area contributed by atoms with E-state index >= 15 is 0 Å². The molecule has 0 aromatic heterocycles. The molecule has 7 nitrogen and oxygen atoms in total. The molecule has 0 fully saturated rings. The molecule has 1 atom stereocenters. The second-order valence-corrected chi connectivity index (χ2v) is 4.32. The SMILES string of the molecule is CCOc1cccc(CNC)c1OC(C)C(=O)NC(N)=O. The Morgan fingerprint density at radius 2 is 2.10 bits per heavy atom. The first kappa shape index (κ1) is 16.8. The summed E-state index contributed by atoms with van der Waals surface area (Å²) in [5.74, 6) is 0.411. The number of benzene rings is 1. The van der Waals surface area contributed by atoms with E-state index in [-0.39, 0.29) is 0 Å². The number of primary amides is 1. The lowest BCUT2D eigenvalue weighted by Crippen LogP contribution is -2.42. The van der Waals surface area contributed by atoms with Gasteiger partial charge in [-0.1, -0.05) is 12.1 Å². The standard InChI is InChI=1S/C14H21N3O4/c1-4-20-11-7-5-6-10(8-16-3)12(11)21-9(2)13(18)17-14(15)19/h5-7,9,16H,4,8H2,1-3H3,(H3,15,17,18,19). The molecule has 7 heteroatoms. The second-order valence-electron chi connectivity index (χ2n) is 4.32. The molecule has 1 aromatic carbocycles. The van der Waals surface area contributed by atoms with E-state index in [9.17, 15) is 9.59 Å². The highest BCUT2D eigenvalue weighted by Gasteiger charge is 2.20. The third-order valence-electron chi connectivity index (χ3n) is 2.64. The normalized spacial score (nSPS) is 11.6. The number of rotatable bonds is 7. The molecule has 0 bridgehead atoms. The molecule has 0 aliphatic carbocycles. The number of carbonyl (C=O) groups is 2. The Morgan fingerprint density at radius 3 is 2.67 bits per heavy atom. The van der Waals surface area contributed by atoms with Crippen molar-refractivity contribution >= 4 is 11.9 Å². The Morgan fingerprint density at radius 1 is 1.38 bits per heavy atom. The van der Waals surface area contributed by atoms with E-state index in [1.807, 2.05) is 24.4 Å². The van der Waals surface area contributed by atoms with Crippen LogP contribution >= 0.6 is 0 Å². The van der Waals surface area contributed by atoms with Crippen molar-refractivity contribution in [2.45, 2.75) is 26.5 Å². The summed E-state index contributed by atoms with van der Waals surface area (Å²) < 4.78 is 11.2. The summed E-state index contributed by atoms with van der Waals surface area (Å²) in [7, 11) is 1.81. The molecule has 1 rings (SSSR count). The van der Waals surface area contributed by atoms with Crippen molar-refractivity contribution < 1.29 is 19.1 Å². The van der Waals surface area contributed by atoms with Crippen LogP contribution in [0.5, 0.6) is 11.5 Å². The first-order valence-electron chi connectivity index (χ1n) is 6.65. The monoisotopic (exact) mass is 295 g/mol. The van der Waals surface area contributed by atoms with E-state index in [0.29, 0.717) is 24.7 Å². The summed E-state index contributed by atoms with van der Waals surface area (Å²) >= 11 is 0. The molecule has 0 radical (unpaired) electrons. The Hall–Kier alpha value is -2.28. The van der Waals surface area contributed by atoms with Crippen LogP contribution in [0.25, 0.3) is 0 Å². The van der Waals surface area contributed by atoms with Gasteiger partial charge in [-0.15, -0.1) is 0 Å². The Kier molecular flexibility index (Phi) is 6.48. The van der Waals surface area contributed by atoms with Crippen molar-refractivity contribution in [1.82, 2.24) is 10.6 Å². The Labute approximate surface area is 123 Å². The zero-order valence-corrected chi connectivity index (χ0v) is 12.4. The summed E-state index contributed by atoms with van der Waals surface area (Å²) in [6.45, 7) is 4.42. The van der Waals surface area contributed by atoms with Crippen LogP contribution in [-0.4, -0.2) is 31.7 Å². The molecule has 116 valence electrons. The Bertz CT molecular complexity index is 481. The van der Waals surface area contributed by atoms with Crippen LogP contribution in [0.4, 0.5) is 4.79 Å². The summed E-state index contributed by atoms with van der Waals surface area (Å²) in [5.41, 5.74) is 5.77. The molecular formula is C14H21N3O4. The summed E-state index contributed by atoms with van der Waals surface area (Å²) in [6.07, 6.45) is -0.880. The number of nitrogens with two attached hydrogens (primary N) is 1. The van der Waals surface area contributed by atoms with Gasteiger partial charge in [0.1, 0.15) is 0 Å². The van der Waals surface area contributed by atoms with Crippen molar-refractivity contribution in [1.29, 1.82) is 0 Å². The van der Waals surface area contributed by atoms with Crippen LogP contribution in [0.2, 0.25) is 0 Å². The number of imide groups is 1. The lowest BCUT2D eigenvalue weighted by Gasteiger charge is -2.19. The lowest BCUT2D eigenvalue weighted by atomic mass is 10.1. The average Bonchev–Trinajstić information content (AvgIpc) is 2.41. The molecule has 0 aliphatic rings. The van der Waals surface area contributed by atoms with E-state index in [1.165, 1.54) is 6.92 Å². The van der Waals surface area contributed by atoms with Gasteiger partial charge in [0.15, 0.2) is 17.6 Å². The third kappa shape index (κ3) is 4.96. The second kappa shape index (κ2) is 8.11. The number of hydrogen-bond donors (Lipinski definition) is 3. The minimum absolute atomic E-state index is 0.473. The van der Waals surface area contributed by atoms with Crippen LogP contribution in [0.1, 0.15) is 19.4 Å². The molecule has 0 saturated carbocycles. The fourth-order valence-electron chi connectivity index (χ4n) is 1.75. The molecule has 0 spiro atoms. The molecule has 21 heavy (non-hydrogen) atoms. The van der Waals surface area contributed by atoms with Crippen LogP contribution < -0.4 is 25.8 Å². The lowest BCUT2D eigenvalue weighted by molar-refractivity contribution is -0.126. The van der Waals surface area contributed by atoms with Crippen molar-refractivity contribution in [2.24, 2.45) is 5.73 Å². The van der Waals surface area contributed by atoms with Gasteiger partial charge in [0.2, 0.25) is 0 Å². The topological polar surface area (TPSA) is 103 Å². The van der Waals surface area contributed by atoms with Gasteiger partial charge >= 0.3 is 6.03 Å². The quantitative estimate of drug-likeness (QED) is 0.689. The average molecular weight is 295 g/mol. The van der Waals surface area contributed by atoms with Gasteiger partial charge in [-0.2, -0.15) is 0 Å². The number of carbonyl (C=O) groups excluding carboxylic acids is 2. The van der Waals surface area contributed by atoms with Crippen molar-refractivity contribution in [3.05, 3.63) is 23.8 Å². The van der Waals surface area contributed by atoms with E-state index in [0.717, 1.165) is 5.56 Å². The molecule has 3 amide bonds. The first-order chi connectivity index (χ1) is 9.99. The van der Waals surface area contributed by atoms with Crippen molar-refractivity contribution in [3.63, 3.8) is 0 Å². The van der Waals surface area contributed by atoms with Crippen molar-refractivity contribution in [3.8, 4) is 11.5 Å². The van der Waals surface area contributed by atoms with Gasteiger partial charge in [0.25, 0.3) is 5.91 Å². The van der Waals surface area contributed by atoms with Crippen LogP contribution in [0, 0.1) is 0 Å². The van der Waals surface area contributed by atoms with Gasteiger partial charge in [0.05, 0.1) is 6.61 Å². The minimum atomic E-state index is -0.913. The number of nitrogens with one attached hydrogen (secondary N) is 2. The molecular weight excluding hydrogens is 274 g/mol. The van der Waals surface area contributed by atoms with Crippen LogP contribution in [0.3, 0.4) is 0 Å². The molecule has 1 unspecified atom stereocenters. The maximum absolute atomic E-state index is 11.7. The van der Waals surface area contributed by atoms with Gasteiger partial charge < -0.3 is 20.5 Å². The largest absolute Gasteiger partial charge is 0.490 e. The van der Waals surface area contributed by atoms with Gasteiger partial charge in [-0.05, 0) is 27.0 Å². The number of para-hydroxylation sites is 1. The third-order valence-corrected chi connectivity index (χ3v) is 2.64. The predicted molar refractivity (Wildman–Crippen MR) is 78.2 cm³/mol. The maximum atomic E-state index is 11.7. The van der Waals surface area contributed by atoms with E-state index in [2.05, 4.69) is 5.32 Å². The molecule has 0 saturated heterocycles. The number of ether oxygens (including phenoxy) is 2. The fourth-order valence-corrected chi connectivity index (χ4v) is 1.75. The zero-order chi connectivity index (χ0) is 15.8. The van der Waals surface area contributed by atoms with Crippen LogP contribution in [-0.2, 0) is 11.3 Å². The highest BCUT2D eigenvalue weighted by atomic mass is 16.5. The molecule has 0 aliphatic heterocycles. The molecule has 0 heterocycles. The van der Waals surface area contributed by atoms with E-state index < -0.39 is 18.0 Å². The van der Waals surface area contributed by atoms with Crippen LogP contribution in [0.15, 0.2) is 18.2 Å². The maximum Gasteiger partial charge on any atom is 0.318 e.